The van der Waals surface area contributed by atoms with E-state index in [-0.39, 0.29) is 10.7 Å². The lowest BCUT2D eigenvalue weighted by Gasteiger charge is -2.34. The van der Waals surface area contributed by atoms with E-state index >= 15 is 0 Å². The topological polar surface area (TPSA) is 41.1 Å². The van der Waals surface area contributed by atoms with Crippen LogP contribution in [0, 0.1) is 0 Å². The Kier molecular flexibility index (Phi) is 4.37. The highest BCUT2D eigenvalue weighted by Crippen LogP contribution is 2.45. The summed E-state index contributed by atoms with van der Waals surface area (Å²) in [5, 5.41) is 7.08. The van der Waals surface area contributed by atoms with Gasteiger partial charge in [0.1, 0.15) is 0 Å². The first kappa shape index (κ1) is 15.5. The molecule has 2 N–H and O–H groups in total. The van der Waals surface area contributed by atoms with E-state index in [1.807, 2.05) is 6.07 Å². The van der Waals surface area contributed by atoms with Crippen LogP contribution in [-0.4, -0.2) is 28.8 Å². The maximum absolute atomic E-state index is 13.1. The number of carbonyl (C=O) groups is 1. The fourth-order valence-corrected chi connectivity index (χ4v) is 5.92. The van der Waals surface area contributed by atoms with Gasteiger partial charge in [0.25, 0.3) is 0 Å². The third-order valence-electron chi connectivity index (χ3n) is 5.69. The zero-order chi connectivity index (χ0) is 15.7. The molecule has 124 valence electrons. The number of nitrogens with one attached hydrogen (secondary N) is 2. The molecular weight excluding hydrogens is 304 g/mol. The summed E-state index contributed by atoms with van der Waals surface area (Å²) in [6.45, 7) is 0. The predicted molar refractivity (Wildman–Crippen MR) is 94.6 cm³/mol. The van der Waals surface area contributed by atoms with Crippen LogP contribution in [0.4, 0.5) is 0 Å². The zero-order valence-electron chi connectivity index (χ0n) is 13.6. The number of hydrogen-bond acceptors (Lipinski definition) is 3. The van der Waals surface area contributed by atoms with E-state index < -0.39 is 0 Å². The average Bonchev–Trinajstić information content (AvgIpc) is 3.16. The van der Waals surface area contributed by atoms with Crippen LogP contribution in [0.5, 0.6) is 0 Å². The van der Waals surface area contributed by atoms with Crippen molar-refractivity contribution in [3.8, 4) is 0 Å². The van der Waals surface area contributed by atoms with Gasteiger partial charge in [0, 0.05) is 23.0 Å². The van der Waals surface area contributed by atoms with Crippen LogP contribution in [-0.2, 0) is 4.79 Å². The fourth-order valence-electron chi connectivity index (χ4n) is 4.53. The Morgan fingerprint density at radius 3 is 2.39 bits per heavy atom. The quantitative estimate of drug-likeness (QED) is 0.888. The van der Waals surface area contributed by atoms with Crippen LogP contribution in [0.2, 0.25) is 0 Å². The van der Waals surface area contributed by atoms with Crippen molar-refractivity contribution in [1.82, 2.24) is 10.6 Å². The van der Waals surface area contributed by atoms with Gasteiger partial charge in [-0.25, -0.2) is 0 Å². The van der Waals surface area contributed by atoms with Crippen LogP contribution in [0.3, 0.4) is 0 Å². The Morgan fingerprint density at radius 1 is 1.09 bits per heavy atom. The lowest BCUT2D eigenvalue weighted by molar-refractivity contribution is -0.124. The molecule has 4 heteroatoms. The largest absolute Gasteiger partial charge is 0.352 e. The molecule has 1 aliphatic carbocycles. The maximum Gasteiger partial charge on any atom is 0.236 e. The van der Waals surface area contributed by atoms with Crippen LogP contribution in [0.25, 0.3) is 0 Å². The van der Waals surface area contributed by atoms with Crippen molar-refractivity contribution in [3.05, 3.63) is 30.3 Å². The highest BCUT2D eigenvalue weighted by atomic mass is 32.2. The van der Waals surface area contributed by atoms with E-state index in [2.05, 4.69) is 34.9 Å². The summed E-state index contributed by atoms with van der Waals surface area (Å²) in [5.74, 6) is 0.287. The van der Waals surface area contributed by atoms with Crippen LogP contribution >= 0.6 is 11.8 Å². The average molecular weight is 330 g/mol. The van der Waals surface area contributed by atoms with Crippen molar-refractivity contribution < 1.29 is 4.79 Å². The number of hydrogen-bond donors (Lipinski definition) is 2. The smallest absolute Gasteiger partial charge is 0.236 e. The number of piperidine rings is 1. The van der Waals surface area contributed by atoms with Gasteiger partial charge in [0.05, 0.1) is 4.75 Å². The lowest BCUT2D eigenvalue weighted by atomic mass is 9.98. The van der Waals surface area contributed by atoms with Crippen molar-refractivity contribution >= 4 is 17.7 Å². The molecule has 2 bridgehead atoms. The fraction of sp³-hybridized carbons (Fsp3) is 0.632. The molecule has 2 atom stereocenters. The van der Waals surface area contributed by atoms with E-state index in [9.17, 15) is 4.79 Å². The Hall–Kier alpha value is -1.00. The highest BCUT2D eigenvalue weighted by Gasteiger charge is 2.44. The summed E-state index contributed by atoms with van der Waals surface area (Å²) in [7, 11) is 0. The summed E-state index contributed by atoms with van der Waals surface area (Å²) in [4.78, 5) is 14.3. The van der Waals surface area contributed by atoms with Crippen molar-refractivity contribution in [2.24, 2.45) is 0 Å². The normalized spacial score (nSPS) is 31.9. The third kappa shape index (κ3) is 3.29. The molecule has 1 saturated carbocycles. The Balaban J connectivity index is 1.45. The molecule has 2 unspecified atom stereocenters. The van der Waals surface area contributed by atoms with Gasteiger partial charge in [-0.3, -0.25) is 4.79 Å². The SMILES string of the molecule is O=C(NC1CC2CCC(C1)N2)C1(Sc2ccccc2)CCCC1. The molecular formula is C19H26N2OS. The molecule has 0 spiro atoms. The molecule has 1 aromatic carbocycles. The molecule has 1 aromatic rings. The van der Waals surface area contributed by atoms with Gasteiger partial charge in [-0.05, 0) is 50.7 Å². The van der Waals surface area contributed by atoms with Crippen molar-refractivity contribution in [2.75, 3.05) is 0 Å². The first-order valence-corrected chi connectivity index (χ1v) is 9.86. The molecule has 0 radical (unpaired) electrons. The minimum atomic E-state index is -0.245. The van der Waals surface area contributed by atoms with Crippen LogP contribution in [0.15, 0.2) is 35.2 Å². The molecule has 23 heavy (non-hydrogen) atoms. The molecule has 4 rings (SSSR count). The maximum atomic E-state index is 13.1. The second-order valence-electron chi connectivity index (χ2n) is 7.40. The van der Waals surface area contributed by atoms with E-state index in [4.69, 9.17) is 0 Å². The monoisotopic (exact) mass is 330 g/mol. The first-order chi connectivity index (χ1) is 11.2. The predicted octanol–water partition coefficient (Wildman–Crippen LogP) is 3.49. The molecule has 1 amide bonds. The first-order valence-electron chi connectivity index (χ1n) is 9.05. The Morgan fingerprint density at radius 2 is 1.74 bits per heavy atom. The van der Waals surface area contributed by atoms with Gasteiger partial charge < -0.3 is 10.6 Å². The number of fused-ring (bicyclic) bond motifs is 2. The van der Waals surface area contributed by atoms with Gasteiger partial charge in [0.15, 0.2) is 0 Å². The second-order valence-corrected chi connectivity index (χ2v) is 8.85. The van der Waals surface area contributed by atoms with Gasteiger partial charge in [-0.1, -0.05) is 31.0 Å². The number of rotatable bonds is 4. The summed E-state index contributed by atoms with van der Waals surface area (Å²) in [5.41, 5.74) is 0. The number of thioether (sulfide) groups is 1. The summed E-state index contributed by atoms with van der Waals surface area (Å²) in [6.07, 6.45) is 9.13. The highest BCUT2D eigenvalue weighted by molar-refractivity contribution is 8.01. The van der Waals surface area contributed by atoms with Gasteiger partial charge in [-0.2, -0.15) is 0 Å². The number of amides is 1. The van der Waals surface area contributed by atoms with Gasteiger partial charge >= 0.3 is 0 Å². The molecule has 3 aliphatic rings. The van der Waals surface area contributed by atoms with Crippen molar-refractivity contribution in [3.63, 3.8) is 0 Å². The van der Waals surface area contributed by atoms with Crippen molar-refractivity contribution in [1.29, 1.82) is 0 Å². The van der Waals surface area contributed by atoms with Gasteiger partial charge in [-0.15, -0.1) is 11.8 Å². The second kappa shape index (κ2) is 6.48. The Labute approximate surface area is 143 Å². The van der Waals surface area contributed by atoms with Crippen molar-refractivity contribution in [2.45, 2.75) is 79.1 Å². The molecule has 0 aromatic heterocycles. The molecule has 3 nitrogen and oxygen atoms in total. The van der Waals surface area contributed by atoms with E-state index in [1.165, 1.54) is 30.6 Å². The molecule has 2 saturated heterocycles. The standard InChI is InChI=1S/C19H26N2OS/c22-18(21-16-12-14-8-9-15(13-16)20-14)19(10-4-5-11-19)23-17-6-2-1-3-7-17/h1-3,6-7,14-16,20H,4-5,8-13H2,(H,21,22). The number of carbonyl (C=O) groups excluding carboxylic acids is 1. The zero-order valence-corrected chi connectivity index (χ0v) is 14.4. The van der Waals surface area contributed by atoms with Crippen LogP contribution in [0.1, 0.15) is 51.4 Å². The molecule has 2 heterocycles. The number of benzene rings is 1. The lowest BCUT2D eigenvalue weighted by Crippen LogP contribution is -2.52. The minimum absolute atomic E-state index is 0.245. The van der Waals surface area contributed by atoms with E-state index in [1.54, 1.807) is 11.8 Å². The Bertz CT molecular complexity index is 544. The third-order valence-corrected chi connectivity index (χ3v) is 7.18. The van der Waals surface area contributed by atoms with Crippen LogP contribution < -0.4 is 10.6 Å². The van der Waals surface area contributed by atoms with Gasteiger partial charge in [0.2, 0.25) is 5.91 Å². The van der Waals surface area contributed by atoms with E-state index in [0.29, 0.717) is 18.1 Å². The summed E-state index contributed by atoms with van der Waals surface area (Å²) in [6, 6.07) is 12.0. The van der Waals surface area contributed by atoms with E-state index in [0.717, 1.165) is 25.7 Å². The minimum Gasteiger partial charge on any atom is -0.352 e. The summed E-state index contributed by atoms with van der Waals surface area (Å²) >= 11 is 1.78. The molecule has 2 aliphatic heterocycles. The molecule has 3 fully saturated rings. The summed E-state index contributed by atoms with van der Waals surface area (Å²) < 4.78 is -0.245.